The number of thiocarbonyl (C=S) groups is 1. The Hall–Kier alpha value is -1.71. The van der Waals surface area contributed by atoms with Gasteiger partial charge in [-0.05, 0) is 70.1 Å². The highest BCUT2D eigenvalue weighted by molar-refractivity contribution is 7.89. The number of hydrogen-bond acceptors (Lipinski definition) is 4. The van der Waals surface area contributed by atoms with Gasteiger partial charge in [0.05, 0.1) is 4.90 Å². The topological polar surface area (TPSA) is 99.3 Å². The summed E-state index contributed by atoms with van der Waals surface area (Å²) in [7, 11) is -3.64. The number of rotatable bonds is 5. The first-order chi connectivity index (χ1) is 11.4. The van der Waals surface area contributed by atoms with Crippen LogP contribution in [0, 0.1) is 13.8 Å². The Bertz CT molecular complexity index is 740. The molecule has 140 valence electrons. The van der Waals surface area contributed by atoms with Crippen LogP contribution < -0.4 is 20.9 Å². The third-order valence-corrected chi connectivity index (χ3v) is 4.90. The largest absolute Gasteiger partial charge is 0.357 e. The second-order valence-electron chi connectivity index (χ2n) is 6.77. The Morgan fingerprint density at radius 3 is 2.32 bits per heavy atom. The van der Waals surface area contributed by atoms with E-state index in [0.29, 0.717) is 0 Å². The van der Waals surface area contributed by atoms with Crippen molar-refractivity contribution >= 4 is 33.3 Å². The van der Waals surface area contributed by atoms with Crippen molar-refractivity contribution in [3.05, 3.63) is 29.3 Å². The molecule has 1 amide bonds. The monoisotopic (exact) mass is 386 g/mol. The number of hydrogen-bond donors (Lipinski definition) is 4. The quantitative estimate of drug-likeness (QED) is 0.449. The standard InChI is InChI=1S/C16H26N4O3S2/c1-11-6-7-13(10-12(11)2)25(22,23)17-9-8-14(21)19-20-15(24)18-16(3,4)5/h6-7,10,17H,8-9H2,1-5H3,(H,19,21)(H2,18,20,24). The van der Waals surface area contributed by atoms with Crippen LogP contribution in [0.2, 0.25) is 0 Å². The van der Waals surface area contributed by atoms with Crippen LogP contribution in [0.15, 0.2) is 23.1 Å². The van der Waals surface area contributed by atoms with E-state index < -0.39 is 10.0 Å². The number of carbonyl (C=O) groups is 1. The fourth-order valence-electron chi connectivity index (χ4n) is 1.82. The van der Waals surface area contributed by atoms with Crippen molar-refractivity contribution in [2.45, 2.75) is 51.5 Å². The zero-order valence-electron chi connectivity index (χ0n) is 15.2. The lowest BCUT2D eigenvalue weighted by Crippen LogP contribution is -2.52. The number of hydrazine groups is 1. The lowest BCUT2D eigenvalue weighted by Gasteiger charge is -2.23. The highest BCUT2D eigenvalue weighted by atomic mass is 32.2. The summed E-state index contributed by atoms with van der Waals surface area (Å²) >= 11 is 5.03. The summed E-state index contributed by atoms with van der Waals surface area (Å²) in [6, 6.07) is 4.91. The van der Waals surface area contributed by atoms with E-state index in [2.05, 4.69) is 20.9 Å². The second-order valence-corrected chi connectivity index (χ2v) is 8.95. The van der Waals surface area contributed by atoms with Crippen LogP contribution in [-0.2, 0) is 14.8 Å². The molecule has 0 radical (unpaired) electrons. The normalized spacial score (nSPS) is 11.7. The highest BCUT2D eigenvalue weighted by Crippen LogP contribution is 2.14. The molecule has 0 aliphatic rings. The van der Waals surface area contributed by atoms with Crippen LogP contribution in [0.1, 0.15) is 38.3 Å². The zero-order valence-corrected chi connectivity index (χ0v) is 16.8. The fraction of sp³-hybridized carbons (Fsp3) is 0.500. The van der Waals surface area contributed by atoms with Gasteiger partial charge in [0.25, 0.3) is 0 Å². The fourth-order valence-corrected chi connectivity index (χ4v) is 3.30. The molecule has 0 atom stereocenters. The number of benzene rings is 1. The SMILES string of the molecule is Cc1ccc(S(=O)(=O)NCCC(=O)NNC(=S)NC(C)(C)C)cc1C. The van der Waals surface area contributed by atoms with E-state index in [4.69, 9.17) is 12.2 Å². The van der Waals surface area contributed by atoms with Crippen LogP contribution in [0.4, 0.5) is 0 Å². The van der Waals surface area contributed by atoms with Crippen molar-refractivity contribution in [2.75, 3.05) is 6.54 Å². The molecule has 7 nitrogen and oxygen atoms in total. The molecule has 0 unspecified atom stereocenters. The van der Waals surface area contributed by atoms with Gasteiger partial charge in [-0.25, -0.2) is 13.1 Å². The van der Waals surface area contributed by atoms with Crippen LogP contribution in [-0.4, -0.2) is 31.5 Å². The molecule has 0 aliphatic heterocycles. The van der Waals surface area contributed by atoms with Crippen LogP contribution in [0.3, 0.4) is 0 Å². The average Bonchev–Trinajstić information content (AvgIpc) is 2.46. The van der Waals surface area contributed by atoms with Gasteiger partial charge in [0.2, 0.25) is 15.9 Å². The Morgan fingerprint density at radius 2 is 1.76 bits per heavy atom. The molecule has 0 saturated carbocycles. The van der Waals surface area contributed by atoms with E-state index in [-0.39, 0.29) is 34.4 Å². The molecule has 1 aromatic rings. The number of nitrogens with one attached hydrogen (secondary N) is 4. The molecular weight excluding hydrogens is 360 g/mol. The summed E-state index contributed by atoms with van der Waals surface area (Å²) in [5.74, 6) is -0.374. The maximum absolute atomic E-state index is 12.2. The van der Waals surface area contributed by atoms with Crippen molar-refractivity contribution in [3.63, 3.8) is 0 Å². The molecule has 0 spiro atoms. The smallest absolute Gasteiger partial charge is 0.240 e. The van der Waals surface area contributed by atoms with E-state index in [9.17, 15) is 13.2 Å². The molecule has 0 fully saturated rings. The number of amides is 1. The van der Waals surface area contributed by atoms with E-state index in [1.807, 2.05) is 34.6 Å². The molecular formula is C16H26N4O3S2. The molecule has 0 aromatic heterocycles. The number of aryl methyl sites for hydroxylation is 2. The minimum absolute atomic E-state index is 0.0117. The van der Waals surface area contributed by atoms with Gasteiger partial charge in [-0.15, -0.1) is 0 Å². The average molecular weight is 387 g/mol. The summed E-state index contributed by atoms with van der Waals surface area (Å²) in [5, 5.41) is 3.27. The van der Waals surface area contributed by atoms with Gasteiger partial charge in [0.1, 0.15) is 0 Å². The zero-order chi connectivity index (χ0) is 19.3. The lowest BCUT2D eigenvalue weighted by atomic mass is 10.1. The first-order valence-electron chi connectivity index (χ1n) is 7.84. The first kappa shape index (κ1) is 21.3. The van der Waals surface area contributed by atoms with E-state index in [0.717, 1.165) is 11.1 Å². The van der Waals surface area contributed by atoms with E-state index in [1.54, 1.807) is 18.2 Å². The lowest BCUT2D eigenvalue weighted by molar-refractivity contribution is -0.121. The molecule has 25 heavy (non-hydrogen) atoms. The third-order valence-electron chi connectivity index (χ3n) is 3.24. The maximum Gasteiger partial charge on any atom is 0.240 e. The van der Waals surface area contributed by atoms with Gasteiger partial charge in [-0.3, -0.25) is 15.6 Å². The van der Waals surface area contributed by atoms with E-state index in [1.165, 1.54) is 0 Å². The van der Waals surface area contributed by atoms with Gasteiger partial charge in [-0.2, -0.15) is 0 Å². The first-order valence-corrected chi connectivity index (χ1v) is 9.74. The van der Waals surface area contributed by atoms with Crippen LogP contribution in [0.25, 0.3) is 0 Å². The van der Waals surface area contributed by atoms with Crippen molar-refractivity contribution in [3.8, 4) is 0 Å². The summed E-state index contributed by atoms with van der Waals surface area (Å²) in [4.78, 5) is 11.9. The summed E-state index contributed by atoms with van der Waals surface area (Å²) in [6.45, 7) is 9.55. The minimum Gasteiger partial charge on any atom is -0.357 e. The molecule has 0 saturated heterocycles. The molecule has 1 rings (SSSR count). The number of carbonyl (C=O) groups excluding carboxylic acids is 1. The van der Waals surface area contributed by atoms with Crippen molar-refractivity contribution in [2.24, 2.45) is 0 Å². The Kier molecular flexibility index (Phi) is 7.33. The molecule has 9 heteroatoms. The molecule has 1 aromatic carbocycles. The predicted molar refractivity (Wildman–Crippen MR) is 102 cm³/mol. The Balaban J connectivity index is 2.44. The predicted octanol–water partition coefficient (Wildman–Crippen LogP) is 1.27. The van der Waals surface area contributed by atoms with Gasteiger partial charge in [0.15, 0.2) is 5.11 Å². The van der Waals surface area contributed by atoms with Crippen LogP contribution in [0.5, 0.6) is 0 Å². The summed E-state index contributed by atoms with van der Waals surface area (Å²) in [6.07, 6.45) is -0.0186. The van der Waals surface area contributed by atoms with Crippen LogP contribution >= 0.6 is 12.2 Å². The Morgan fingerprint density at radius 1 is 1.12 bits per heavy atom. The van der Waals surface area contributed by atoms with Crippen molar-refractivity contribution in [1.82, 2.24) is 20.9 Å². The van der Waals surface area contributed by atoms with Gasteiger partial charge < -0.3 is 5.32 Å². The summed E-state index contributed by atoms with van der Waals surface area (Å²) < 4.78 is 26.8. The second kappa shape index (κ2) is 8.59. The molecule has 4 N–H and O–H groups in total. The minimum atomic E-state index is -3.64. The molecule has 0 bridgehead atoms. The summed E-state index contributed by atoms with van der Waals surface area (Å²) in [5.41, 5.74) is 6.68. The van der Waals surface area contributed by atoms with Gasteiger partial charge in [0, 0.05) is 18.5 Å². The van der Waals surface area contributed by atoms with Crippen molar-refractivity contribution in [1.29, 1.82) is 0 Å². The van der Waals surface area contributed by atoms with Gasteiger partial charge >= 0.3 is 0 Å². The van der Waals surface area contributed by atoms with Crippen molar-refractivity contribution < 1.29 is 13.2 Å². The molecule has 0 heterocycles. The number of sulfonamides is 1. The van der Waals surface area contributed by atoms with E-state index >= 15 is 0 Å². The maximum atomic E-state index is 12.2. The highest BCUT2D eigenvalue weighted by Gasteiger charge is 2.15. The third kappa shape index (κ3) is 7.80. The Labute approximate surface area is 155 Å². The molecule has 0 aliphatic carbocycles. The van der Waals surface area contributed by atoms with Gasteiger partial charge in [-0.1, -0.05) is 6.07 Å².